The van der Waals surface area contributed by atoms with Crippen molar-refractivity contribution in [3.63, 3.8) is 0 Å². The van der Waals surface area contributed by atoms with Gasteiger partial charge in [0.1, 0.15) is 0 Å². The summed E-state index contributed by atoms with van der Waals surface area (Å²) in [7, 11) is 0. The number of hydrogen-bond acceptors (Lipinski definition) is 2. The van der Waals surface area contributed by atoms with Crippen LogP contribution in [0.2, 0.25) is 4.34 Å². The van der Waals surface area contributed by atoms with Crippen molar-refractivity contribution in [3.05, 3.63) is 21.3 Å². The molecule has 1 nitrogen and oxygen atoms in total. The van der Waals surface area contributed by atoms with E-state index in [0.29, 0.717) is 0 Å². The molecule has 1 aliphatic heterocycles. The Hall–Kier alpha value is -0.0500. The first-order valence-corrected chi connectivity index (χ1v) is 6.47. The maximum absolute atomic E-state index is 5.99. The molecule has 1 aliphatic rings. The molecule has 2 heterocycles. The van der Waals surface area contributed by atoms with E-state index in [1.807, 2.05) is 6.07 Å². The van der Waals surface area contributed by atoms with Crippen molar-refractivity contribution < 1.29 is 0 Å². The molecule has 0 spiro atoms. The van der Waals surface area contributed by atoms with Gasteiger partial charge in [-0.1, -0.05) is 18.5 Å². The van der Waals surface area contributed by atoms with Crippen molar-refractivity contribution in [1.29, 1.82) is 0 Å². The predicted molar refractivity (Wildman–Crippen MR) is 63.2 cm³/mol. The summed E-state index contributed by atoms with van der Waals surface area (Å²) in [6.07, 6.45) is 5.04. The second-order valence-electron chi connectivity index (χ2n) is 3.92. The third-order valence-electron chi connectivity index (χ3n) is 3.14. The predicted octanol–water partition coefficient (Wildman–Crippen LogP) is 3.78. The molecule has 0 amide bonds. The average molecular weight is 230 g/mol. The lowest BCUT2D eigenvalue weighted by Gasteiger charge is -2.37. The zero-order chi connectivity index (χ0) is 10.0. The third-order valence-corrected chi connectivity index (χ3v) is 4.58. The topological polar surface area (TPSA) is 12.0 Å². The lowest BCUT2D eigenvalue weighted by molar-refractivity contribution is 0.253. The van der Waals surface area contributed by atoms with Crippen molar-refractivity contribution >= 4 is 22.9 Å². The van der Waals surface area contributed by atoms with E-state index in [1.165, 1.54) is 24.1 Å². The summed E-state index contributed by atoms with van der Waals surface area (Å²) >= 11 is 7.71. The fraction of sp³-hybridized carbons (Fsp3) is 0.636. The molecular formula is C11H16ClNS. The highest BCUT2D eigenvalue weighted by atomic mass is 35.5. The van der Waals surface area contributed by atoms with Gasteiger partial charge in [0, 0.05) is 4.88 Å². The van der Waals surface area contributed by atoms with Gasteiger partial charge in [0.25, 0.3) is 0 Å². The molecule has 78 valence electrons. The number of hydrogen-bond donors (Lipinski definition) is 1. The molecule has 0 saturated carbocycles. The van der Waals surface area contributed by atoms with E-state index in [9.17, 15) is 0 Å². The first kappa shape index (κ1) is 10.5. The molecule has 1 aromatic heterocycles. The molecular weight excluding hydrogens is 214 g/mol. The Balaban J connectivity index is 2.26. The molecule has 1 aromatic rings. The molecule has 0 aliphatic carbocycles. The highest BCUT2D eigenvalue weighted by Crippen LogP contribution is 2.38. The van der Waals surface area contributed by atoms with Gasteiger partial charge < -0.3 is 5.32 Å². The molecule has 1 unspecified atom stereocenters. The first-order valence-electron chi connectivity index (χ1n) is 5.28. The first-order chi connectivity index (χ1) is 6.77. The fourth-order valence-corrected chi connectivity index (χ4v) is 3.53. The number of thiophene rings is 1. The minimum atomic E-state index is 0.218. The van der Waals surface area contributed by atoms with Gasteiger partial charge in [0.05, 0.1) is 9.88 Å². The second-order valence-corrected chi connectivity index (χ2v) is 5.64. The van der Waals surface area contributed by atoms with Gasteiger partial charge in [-0.25, -0.2) is 0 Å². The van der Waals surface area contributed by atoms with Gasteiger partial charge in [0.2, 0.25) is 0 Å². The standard InChI is InChI=1S/C11H16ClNS/c1-2-11(7-3-4-8-13-11)9-5-6-10(12)14-9/h5-6,13H,2-4,7-8H2,1H3. The van der Waals surface area contributed by atoms with Crippen LogP contribution < -0.4 is 5.32 Å². The van der Waals surface area contributed by atoms with Crippen LogP contribution in [0.25, 0.3) is 0 Å². The van der Waals surface area contributed by atoms with Crippen LogP contribution >= 0.6 is 22.9 Å². The van der Waals surface area contributed by atoms with E-state index in [2.05, 4.69) is 18.3 Å². The Kier molecular flexibility index (Phi) is 3.15. The lowest BCUT2D eigenvalue weighted by Crippen LogP contribution is -2.44. The lowest BCUT2D eigenvalue weighted by atomic mass is 9.85. The minimum absolute atomic E-state index is 0.218. The van der Waals surface area contributed by atoms with Crippen LogP contribution in [-0.2, 0) is 5.54 Å². The number of piperidine rings is 1. The molecule has 2 rings (SSSR count). The molecule has 0 bridgehead atoms. The molecule has 1 atom stereocenters. The summed E-state index contributed by atoms with van der Waals surface area (Å²) < 4.78 is 0.903. The zero-order valence-corrected chi connectivity index (χ0v) is 10.0. The molecule has 1 saturated heterocycles. The monoisotopic (exact) mass is 229 g/mol. The summed E-state index contributed by atoms with van der Waals surface area (Å²) in [4.78, 5) is 1.41. The maximum Gasteiger partial charge on any atom is 0.0931 e. The normalized spacial score (nSPS) is 27.9. The SMILES string of the molecule is CCC1(c2ccc(Cl)s2)CCCCN1. The quantitative estimate of drug-likeness (QED) is 0.814. The summed E-state index contributed by atoms with van der Waals surface area (Å²) in [5.41, 5.74) is 0.218. The smallest absolute Gasteiger partial charge is 0.0931 e. The second kappa shape index (κ2) is 4.21. The summed E-state index contributed by atoms with van der Waals surface area (Å²) in [6.45, 7) is 3.40. The van der Waals surface area contributed by atoms with Crippen LogP contribution in [0.3, 0.4) is 0 Å². The number of nitrogens with one attached hydrogen (secondary N) is 1. The highest BCUT2D eigenvalue weighted by molar-refractivity contribution is 7.16. The van der Waals surface area contributed by atoms with Crippen LogP contribution in [0.5, 0.6) is 0 Å². The van der Waals surface area contributed by atoms with E-state index >= 15 is 0 Å². The van der Waals surface area contributed by atoms with E-state index < -0.39 is 0 Å². The maximum atomic E-state index is 5.99. The molecule has 3 heteroatoms. The van der Waals surface area contributed by atoms with Crippen LogP contribution in [0.15, 0.2) is 12.1 Å². The zero-order valence-electron chi connectivity index (χ0n) is 8.48. The van der Waals surface area contributed by atoms with Crippen molar-refractivity contribution in [2.24, 2.45) is 0 Å². The molecule has 14 heavy (non-hydrogen) atoms. The average Bonchev–Trinajstić information content (AvgIpc) is 2.66. The number of halogens is 1. The van der Waals surface area contributed by atoms with Gasteiger partial charge >= 0.3 is 0 Å². The van der Waals surface area contributed by atoms with Crippen LogP contribution in [0.4, 0.5) is 0 Å². The van der Waals surface area contributed by atoms with E-state index in [-0.39, 0.29) is 5.54 Å². The Morgan fingerprint density at radius 2 is 2.36 bits per heavy atom. The van der Waals surface area contributed by atoms with Crippen LogP contribution in [0.1, 0.15) is 37.5 Å². The van der Waals surface area contributed by atoms with Gasteiger partial charge in [-0.3, -0.25) is 0 Å². The molecule has 1 N–H and O–H groups in total. The van der Waals surface area contributed by atoms with Crippen molar-refractivity contribution in [2.75, 3.05) is 6.54 Å². The molecule has 0 radical (unpaired) electrons. The van der Waals surface area contributed by atoms with E-state index in [1.54, 1.807) is 11.3 Å². The van der Waals surface area contributed by atoms with Crippen LogP contribution in [0, 0.1) is 0 Å². The van der Waals surface area contributed by atoms with Gasteiger partial charge in [-0.15, -0.1) is 11.3 Å². The van der Waals surface area contributed by atoms with Crippen LogP contribution in [-0.4, -0.2) is 6.54 Å². The highest BCUT2D eigenvalue weighted by Gasteiger charge is 2.32. The Bertz CT molecular complexity index is 302. The summed E-state index contributed by atoms with van der Waals surface area (Å²) in [5, 5.41) is 3.66. The number of rotatable bonds is 2. The Morgan fingerprint density at radius 3 is 2.86 bits per heavy atom. The minimum Gasteiger partial charge on any atom is -0.307 e. The fourth-order valence-electron chi connectivity index (χ4n) is 2.23. The third kappa shape index (κ3) is 1.83. The van der Waals surface area contributed by atoms with Gasteiger partial charge in [-0.2, -0.15) is 0 Å². The largest absolute Gasteiger partial charge is 0.307 e. The van der Waals surface area contributed by atoms with E-state index in [0.717, 1.165) is 17.3 Å². The van der Waals surface area contributed by atoms with E-state index in [4.69, 9.17) is 11.6 Å². The van der Waals surface area contributed by atoms with Crippen molar-refractivity contribution in [1.82, 2.24) is 5.32 Å². The summed E-state index contributed by atoms with van der Waals surface area (Å²) in [6, 6.07) is 4.18. The van der Waals surface area contributed by atoms with Gasteiger partial charge in [-0.05, 0) is 44.4 Å². The molecule has 0 aromatic carbocycles. The van der Waals surface area contributed by atoms with Gasteiger partial charge in [0.15, 0.2) is 0 Å². The Labute approximate surface area is 94.5 Å². The summed E-state index contributed by atoms with van der Waals surface area (Å²) in [5.74, 6) is 0. The van der Waals surface area contributed by atoms with Crippen molar-refractivity contribution in [3.8, 4) is 0 Å². The Morgan fingerprint density at radius 1 is 1.50 bits per heavy atom. The van der Waals surface area contributed by atoms with Crippen molar-refractivity contribution in [2.45, 2.75) is 38.1 Å². The molecule has 1 fully saturated rings.